The second kappa shape index (κ2) is 8.36. The number of H-pyrrole nitrogens is 1. The number of carbonyl (C=O) groups is 2. The van der Waals surface area contributed by atoms with Crippen LogP contribution < -0.4 is 10.9 Å². The molecule has 1 aromatic carbocycles. The number of aromatic nitrogens is 1. The highest BCUT2D eigenvalue weighted by molar-refractivity contribution is 6.00. The summed E-state index contributed by atoms with van der Waals surface area (Å²) in [5, 5.41) is 2.82. The zero-order chi connectivity index (χ0) is 20.4. The Hall–Kier alpha value is -2.69. The molecular weight excluding hydrogens is 364 g/mol. The van der Waals surface area contributed by atoms with Crippen LogP contribution in [0.1, 0.15) is 60.0 Å². The van der Waals surface area contributed by atoms with Gasteiger partial charge in [0.2, 0.25) is 11.5 Å². The van der Waals surface area contributed by atoms with Gasteiger partial charge in [-0.15, -0.1) is 0 Å². The van der Waals surface area contributed by atoms with Crippen molar-refractivity contribution in [2.45, 2.75) is 51.9 Å². The second-order valence-electron chi connectivity index (χ2n) is 8.49. The minimum Gasteiger partial charge on any atom is -0.312 e. The van der Waals surface area contributed by atoms with Crippen molar-refractivity contribution < 1.29 is 9.59 Å². The van der Waals surface area contributed by atoms with Gasteiger partial charge in [-0.25, -0.2) is 0 Å². The van der Waals surface area contributed by atoms with Gasteiger partial charge >= 0.3 is 0 Å². The van der Waals surface area contributed by atoms with E-state index < -0.39 is 0 Å². The lowest BCUT2D eigenvalue weighted by Gasteiger charge is -2.32. The Bertz CT molecular complexity index is 970. The van der Waals surface area contributed by atoms with Crippen molar-refractivity contribution in [2.24, 2.45) is 17.8 Å². The van der Waals surface area contributed by atoms with Gasteiger partial charge in [-0.1, -0.05) is 24.3 Å². The molecule has 2 N–H and O–H groups in total. The third kappa shape index (κ3) is 4.19. The molecule has 1 fully saturated rings. The fourth-order valence-electron chi connectivity index (χ4n) is 5.08. The van der Waals surface area contributed by atoms with Gasteiger partial charge in [0.25, 0.3) is 0 Å². The molecule has 1 atom stereocenters. The number of aromatic amines is 1. The Balaban J connectivity index is 1.39. The van der Waals surface area contributed by atoms with Gasteiger partial charge in [0.05, 0.1) is 0 Å². The van der Waals surface area contributed by atoms with Gasteiger partial charge in [-0.05, 0) is 75.0 Å². The summed E-state index contributed by atoms with van der Waals surface area (Å²) in [5.74, 6) is 1.07. The predicted molar refractivity (Wildman–Crippen MR) is 113 cm³/mol. The molecule has 2 aliphatic rings. The Kier molecular flexibility index (Phi) is 5.65. The molecule has 29 heavy (non-hydrogen) atoms. The van der Waals surface area contributed by atoms with Crippen molar-refractivity contribution in [3.63, 3.8) is 0 Å². The maximum absolute atomic E-state index is 13.3. The number of amides is 1. The number of ketones is 1. The molecule has 1 heterocycles. The highest BCUT2D eigenvalue weighted by Gasteiger charge is 2.36. The van der Waals surface area contributed by atoms with Crippen molar-refractivity contribution in [3.8, 4) is 0 Å². The summed E-state index contributed by atoms with van der Waals surface area (Å²) in [6, 6.07) is 10.8. The number of benzene rings is 1. The molecule has 0 saturated heterocycles. The lowest BCUT2D eigenvalue weighted by molar-refractivity contribution is -0.121. The molecule has 5 nitrogen and oxygen atoms in total. The molecule has 1 aromatic heterocycles. The first-order chi connectivity index (χ1) is 14.0. The smallest absolute Gasteiger partial charge is 0.249 e. The van der Waals surface area contributed by atoms with Gasteiger partial charge in [0.1, 0.15) is 5.82 Å². The molecule has 0 bridgehead atoms. The van der Waals surface area contributed by atoms with Crippen LogP contribution in [-0.4, -0.2) is 16.7 Å². The van der Waals surface area contributed by atoms with E-state index in [0.717, 1.165) is 50.5 Å². The van der Waals surface area contributed by atoms with Crippen LogP contribution in [0.25, 0.3) is 0 Å². The minimum atomic E-state index is -0.228. The van der Waals surface area contributed by atoms with Gasteiger partial charge in [-0.2, -0.15) is 0 Å². The molecule has 0 aliphatic heterocycles. The zero-order valence-corrected chi connectivity index (χ0v) is 16.9. The summed E-state index contributed by atoms with van der Waals surface area (Å²) < 4.78 is 0. The van der Waals surface area contributed by atoms with E-state index in [1.54, 1.807) is 12.1 Å². The number of aryl methyl sites for hydroxylation is 1. The largest absolute Gasteiger partial charge is 0.312 e. The van der Waals surface area contributed by atoms with E-state index in [4.69, 9.17) is 0 Å². The number of rotatable bonds is 3. The third-order valence-corrected chi connectivity index (χ3v) is 6.69. The van der Waals surface area contributed by atoms with Gasteiger partial charge in [-0.3, -0.25) is 14.4 Å². The lowest BCUT2D eigenvalue weighted by atomic mass is 9.72. The van der Waals surface area contributed by atoms with Crippen molar-refractivity contribution in [3.05, 3.63) is 63.4 Å². The van der Waals surface area contributed by atoms with Crippen LogP contribution in [0.2, 0.25) is 0 Å². The SMILES string of the molecule is Cc1cccc2c1CCCC(C1CCC(C(=O)Nc3cccc(=O)[nH]3)CC1)C2=O. The van der Waals surface area contributed by atoms with Crippen LogP contribution in [-0.2, 0) is 11.2 Å². The van der Waals surface area contributed by atoms with Crippen molar-refractivity contribution in [1.29, 1.82) is 0 Å². The molecule has 152 valence electrons. The molecule has 1 unspecified atom stereocenters. The molecule has 2 aliphatic carbocycles. The number of hydrogen-bond donors (Lipinski definition) is 2. The normalized spacial score (nSPS) is 24.4. The van der Waals surface area contributed by atoms with Crippen molar-refractivity contribution >= 4 is 17.5 Å². The number of fused-ring (bicyclic) bond motifs is 1. The van der Waals surface area contributed by atoms with Gasteiger partial charge in [0.15, 0.2) is 5.78 Å². The summed E-state index contributed by atoms with van der Waals surface area (Å²) in [4.78, 5) is 39.9. The fraction of sp³-hybridized carbons (Fsp3) is 0.458. The predicted octanol–water partition coefficient (Wildman–Crippen LogP) is 4.26. The molecule has 5 heteroatoms. The first-order valence-corrected chi connectivity index (χ1v) is 10.7. The molecule has 2 aromatic rings. The number of Topliss-reactive ketones (excluding diaryl/α,β-unsaturated/α-hetero) is 1. The van der Waals surface area contributed by atoms with Crippen LogP contribution in [0.4, 0.5) is 5.82 Å². The molecule has 0 radical (unpaired) electrons. The Morgan fingerprint density at radius 1 is 1.00 bits per heavy atom. The summed E-state index contributed by atoms with van der Waals surface area (Å²) >= 11 is 0. The summed E-state index contributed by atoms with van der Waals surface area (Å²) in [7, 11) is 0. The molecule has 4 rings (SSSR count). The maximum atomic E-state index is 13.3. The van der Waals surface area contributed by atoms with Gasteiger partial charge in [0, 0.05) is 23.5 Å². The van der Waals surface area contributed by atoms with Crippen LogP contribution >= 0.6 is 0 Å². The second-order valence-corrected chi connectivity index (χ2v) is 8.49. The van der Waals surface area contributed by atoms with Crippen LogP contribution in [0.5, 0.6) is 0 Å². The van der Waals surface area contributed by atoms with Gasteiger partial charge < -0.3 is 10.3 Å². The first-order valence-electron chi connectivity index (χ1n) is 10.7. The molecular formula is C24H28N2O3. The number of anilines is 1. The Labute approximate surface area is 170 Å². The standard InChI is InChI=1S/C24H28N2O3/c1-15-5-2-8-20-18(15)6-3-7-19(23(20)28)16-11-13-17(14-12-16)24(29)26-21-9-4-10-22(27)25-21/h2,4-5,8-10,16-17,19H,3,6-7,11-14H2,1H3,(H2,25,26,27,29). The number of carbonyl (C=O) groups excluding carboxylic acids is 2. The quantitative estimate of drug-likeness (QED) is 0.766. The fourth-order valence-corrected chi connectivity index (χ4v) is 5.08. The summed E-state index contributed by atoms with van der Waals surface area (Å²) in [5.41, 5.74) is 3.13. The van der Waals surface area contributed by atoms with E-state index in [0.29, 0.717) is 17.5 Å². The van der Waals surface area contributed by atoms with Crippen LogP contribution in [0.3, 0.4) is 0 Å². The number of hydrogen-bond acceptors (Lipinski definition) is 3. The Morgan fingerprint density at radius 3 is 2.52 bits per heavy atom. The van der Waals surface area contributed by atoms with E-state index in [1.165, 1.54) is 17.2 Å². The van der Waals surface area contributed by atoms with E-state index in [9.17, 15) is 14.4 Å². The summed E-state index contributed by atoms with van der Waals surface area (Å²) in [6.45, 7) is 2.09. The average Bonchev–Trinajstić information content (AvgIpc) is 2.88. The van der Waals surface area contributed by atoms with Crippen LogP contribution in [0.15, 0.2) is 41.2 Å². The average molecular weight is 392 g/mol. The Morgan fingerprint density at radius 2 is 1.76 bits per heavy atom. The first kappa shape index (κ1) is 19.6. The molecule has 0 spiro atoms. The zero-order valence-electron chi connectivity index (χ0n) is 16.9. The van der Waals surface area contributed by atoms with E-state index in [1.807, 2.05) is 12.1 Å². The van der Waals surface area contributed by atoms with E-state index in [-0.39, 0.29) is 23.3 Å². The van der Waals surface area contributed by atoms with Crippen molar-refractivity contribution in [1.82, 2.24) is 4.98 Å². The summed E-state index contributed by atoms with van der Waals surface area (Å²) in [6.07, 6.45) is 6.37. The monoisotopic (exact) mass is 392 g/mol. The maximum Gasteiger partial charge on any atom is 0.249 e. The minimum absolute atomic E-state index is 0.0431. The highest BCUT2D eigenvalue weighted by Crippen LogP contribution is 2.39. The number of pyridine rings is 1. The molecule has 1 saturated carbocycles. The number of nitrogens with one attached hydrogen (secondary N) is 2. The lowest BCUT2D eigenvalue weighted by Crippen LogP contribution is -2.32. The van der Waals surface area contributed by atoms with Crippen LogP contribution in [0, 0.1) is 24.7 Å². The highest BCUT2D eigenvalue weighted by atomic mass is 16.2. The van der Waals surface area contributed by atoms with E-state index >= 15 is 0 Å². The molecule has 1 amide bonds. The third-order valence-electron chi connectivity index (χ3n) is 6.69. The van der Waals surface area contributed by atoms with Crippen molar-refractivity contribution in [2.75, 3.05) is 5.32 Å². The topological polar surface area (TPSA) is 79.0 Å². The van der Waals surface area contributed by atoms with E-state index in [2.05, 4.69) is 23.3 Å².